The Bertz CT molecular complexity index is 749. The molecule has 0 atom stereocenters. The lowest BCUT2D eigenvalue weighted by Crippen LogP contribution is -2.39. The Kier molecular flexibility index (Phi) is 6.99. The fourth-order valence-electron chi connectivity index (χ4n) is 2.50. The third kappa shape index (κ3) is 6.77. The van der Waals surface area contributed by atoms with Crippen LogP contribution in [-0.4, -0.2) is 36.9 Å². The van der Waals surface area contributed by atoms with Crippen LogP contribution in [0, 0.1) is 0 Å². The highest BCUT2D eigenvalue weighted by Crippen LogP contribution is 2.22. The normalized spacial score (nSPS) is 11.0. The monoisotopic (exact) mass is 368 g/mol. The number of hydrogen-bond donors (Lipinski definition) is 1. The molecule has 2 amide bonds. The van der Waals surface area contributed by atoms with Crippen LogP contribution in [0.1, 0.15) is 31.9 Å². The van der Waals surface area contributed by atoms with Crippen LogP contribution in [0.15, 0.2) is 54.6 Å². The molecule has 0 spiro atoms. The Morgan fingerprint density at radius 2 is 1.63 bits per heavy atom. The minimum Gasteiger partial charge on any atom is -0.484 e. The summed E-state index contributed by atoms with van der Waals surface area (Å²) in [6.45, 7) is 6.84. The molecular formula is C22H28N2O3. The number of carbonyl (C=O) groups excluding carboxylic acids is 2. The van der Waals surface area contributed by atoms with Crippen LogP contribution < -0.4 is 10.1 Å². The SMILES string of the molecule is CN(Cc1ccc(C(C)(C)C)cc1)C(=O)CNC(=O)COc1ccccc1. The molecule has 144 valence electrons. The summed E-state index contributed by atoms with van der Waals surface area (Å²) in [6, 6.07) is 17.4. The van der Waals surface area contributed by atoms with Crippen LogP contribution in [0.4, 0.5) is 0 Å². The van der Waals surface area contributed by atoms with Crippen molar-refractivity contribution in [3.05, 3.63) is 65.7 Å². The molecule has 27 heavy (non-hydrogen) atoms. The van der Waals surface area contributed by atoms with E-state index in [0.29, 0.717) is 12.3 Å². The van der Waals surface area contributed by atoms with E-state index in [1.54, 1.807) is 24.1 Å². The number of likely N-dealkylation sites (N-methyl/N-ethyl adjacent to an activating group) is 1. The van der Waals surface area contributed by atoms with Crippen molar-refractivity contribution in [3.63, 3.8) is 0 Å². The van der Waals surface area contributed by atoms with Crippen molar-refractivity contribution >= 4 is 11.8 Å². The lowest BCUT2D eigenvalue weighted by Gasteiger charge is -2.21. The van der Waals surface area contributed by atoms with Crippen LogP contribution in [0.3, 0.4) is 0 Å². The van der Waals surface area contributed by atoms with Crippen molar-refractivity contribution < 1.29 is 14.3 Å². The van der Waals surface area contributed by atoms with Gasteiger partial charge in [-0.2, -0.15) is 0 Å². The molecule has 2 aromatic rings. The number of carbonyl (C=O) groups is 2. The molecule has 1 N–H and O–H groups in total. The zero-order valence-electron chi connectivity index (χ0n) is 16.5. The van der Waals surface area contributed by atoms with Gasteiger partial charge in [-0.15, -0.1) is 0 Å². The van der Waals surface area contributed by atoms with Crippen LogP contribution in [0.5, 0.6) is 5.75 Å². The van der Waals surface area contributed by atoms with E-state index in [-0.39, 0.29) is 30.4 Å². The van der Waals surface area contributed by atoms with E-state index in [1.165, 1.54) is 5.56 Å². The minimum atomic E-state index is -0.324. The maximum Gasteiger partial charge on any atom is 0.258 e. The highest BCUT2D eigenvalue weighted by Gasteiger charge is 2.14. The first-order valence-electron chi connectivity index (χ1n) is 9.03. The number of hydrogen-bond acceptors (Lipinski definition) is 3. The molecule has 0 aliphatic carbocycles. The molecule has 0 fully saturated rings. The largest absolute Gasteiger partial charge is 0.484 e. The molecular weight excluding hydrogens is 340 g/mol. The number of nitrogens with one attached hydrogen (secondary N) is 1. The van der Waals surface area contributed by atoms with E-state index in [1.807, 2.05) is 30.3 Å². The average molecular weight is 368 g/mol. The van der Waals surface area contributed by atoms with Crippen molar-refractivity contribution in [2.75, 3.05) is 20.2 Å². The zero-order chi connectivity index (χ0) is 19.9. The average Bonchev–Trinajstić information content (AvgIpc) is 2.65. The molecule has 0 saturated heterocycles. The Morgan fingerprint density at radius 1 is 1.00 bits per heavy atom. The van der Waals surface area contributed by atoms with Crippen molar-refractivity contribution in [3.8, 4) is 5.75 Å². The summed E-state index contributed by atoms with van der Waals surface area (Å²) in [6.07, 6.45) is 0. The summed E-state index contributed by atoms with van der Waals surface area (Å²) < 4.78 is 5.36. The second-order valence-electron chi connectivity index (χ2n) is 7.58. The first-order valence-corrected chi connectivity index (χ1v) is 9.03. The summed E-state index contributed by atoms with van der Waals surface area (Å²) in [5.74, 6) is 0.146. The van der Waals surface area contributed by atoms with Gasteiger partial charge >= 0.3 is 0 Å². The van der Waals surface area contributed by atoms with Crippen LogP contribution in [0.25, 0.3) is 0 Å². The molecule has 2 aromatic carbocycles. The van der Waals surface area contributed by atoms with Crippen molar-refractivity contribution in [2.24, 2.45) is 0 Å². The van der Waals surface area contributed by atoms with Gasteiger partial charge in [0, 0.05) is 13.6 Å². The zero-order valence-corrected chi connectivity index (χ0v) is 16.5. The van der Waals surface area contributed by atoms with Gasteiger partial charge in [0.15, 0.2) is 6.61 Å². The fourth-order valence-corrected chi connectivity index (χ4v) is 2.50. The second-order valence-corrected chi connectivity index (χ2v) is 7.58. The number of benzene rings is 2. The van der Waals surface area contributed by atoms with Gasteiger partial charge in [-0.25, -0.2) is 0 Å². The molecule has 0 aliphatic heterocycles. The van der Waals surface area contributed by atoms with Crippen molar-refractivity contribution in [2.45, 2.75) is 32.7 Å². The molecule has 5 heteroatoms. The maximum atomic E-state index is 12.2. The maximum absolute atomic E-state index is 12.2. The Morgan fingerprint density at radius 3 is 2.22 bits per heavy atom. The van der Waals surface area contributed by atoms with E-state index in [9.17, 15) is 9.59 Å². The van der Waals surface area contributed by atoms with E-state index in [4.69, 9.17) is 4.74 Å². The second kappa shape index (κ2) is 9.21. The third-order valence-corrected chi connectivity index (χ3v) is 4.22. The van der Waals surface area contributed by atoms with Gasteiger partial charge in [0.25, 0.3) is 5.91 Å². The number of amides is 2. The number of para-hydroxylation sites is 1. The Balaban J connectivity index is 1.75. The fraction of sp³-hybridized carbons (Fsp3) is 0.364. The molecule has 0 aliphatic rings. The highest BCUT2D eigenvalue weighted by molar-refractivity contribution is 5.85. The van der Waals surface area contributed by atoms with Gasteiger partial charge < -0.3 is 15.0 Å². The van der Waals surface area contributed by atoms with Crippen molar-refractivity contribution in [1.29, 1.82) is 0 Å². The van der Waals surface area contributed by atoms with Gasteiger partial charge in [-0.1, -0.05) is 63.2 Å². The molecule has 0 heterocycles. The van der Waals surface area contributed by atoms with Crippen molar-refractivity contribution in [1.82, 2.24) is 10.2 Å². The topological polar surface area (TPSA) is 58.6 Å². The molecule has 0 aromatic heterocycles. The van der Waals surface area contributed by atoms with Gasteiger partial charge in [-0.3, -0.25) is 9.59 Å². The van der Waals surface area contributed by atoms with E-state index < -0.39 is 0 Å². The predicted octanol–water partition coefficient (Wildman–Crippen LogP) is 3.14. The predicted molar refractivity (Wildman–Crippen MR) is 107 cm³/mol. The quantitative estimate of drug-likeness (QED) is 0.817. The Hall–Kier alpha value is -2.82. The Labute approximate surface area is 161 Å². The minimum absolute atomic E-state index is 0.0481. The number of rotatable bonds is 7. The lowest BCUT2D eigenvalue weighted by atomic mass is 9.87. The van der Waals surface area contributed by atoms with Crippen LogP contribution >= 0.6 is 0 Å². The van der Waals surface area contributed by atoms with Crippen LogP contribution in [0.2, 0.25) is 0 Å². The molecule has 0 radical (unpaired) electrons. The summed E-state index contributed by atoms with van der Waals surface area (Å²) in [5, 5.41) is 2.59. The van der Waals surface area contributed by atoms with E-state index in [0.717, 1.165) is 5.56 Å². The molecule has 0 saturated carbocycles. The third-order valence-electron chi connectivity index (χ3n) is 4.22. The van der Waals surface area contributed by atoms with E-state index in [2.05, 4.69) is 38.2 Å². The highest BCUT2D eigenvalue weighted by atomic mass is 16.5. The summed E-state index contributed by atoms with van der Waals surface area (Å²) >= 11 is 0. The van der Waals surface area contributed by atoms with E-state index >= 15 is 0 Å². The van der Waals surface area contributed by atoms with Gasteiger partial charge in [0.2, 0.25) is 5.91 Å². The molecule has 0 bridgehead atoms. The first-order chi connectivity index (χ1) is 12.8. The summed E-state index contributed by atoms with van der Waals surface area (Å²) in [7, 11) is 1.73. The number of ether oxygens (including phenoxy) is 1. The number of nitrogens with zero attached hydrogens (tertiary/aromatic N) is 1. The molecule has 5 nitrogen and oxygen atoms in total. The summed E-state index contributed by atoms with van der Waals surface area (Å²) in [5.41, 5.74) is 2.41. The smallest absolute Gasteiger partial charge is 0.258 e. The van der Waals surface area contributed by atoms with Gasteiger partial charge in [-0.05, 0) is 28.7 Å². The molecule has 2 rings (SSSR count). The van der Waals surface area contributed by atoms with Gasteiger partial charge in [0.1, 0.15) is 5.75 Å². The standard InChI is InChI=1S/C22H28N2O3/c1-22(2,3)18-12-10-17(11-13-18)15-24(4)21(26)14-23-20(25)16-27-19-8-6-5-7-9-19/h5-13H,14-16H2,1-4H3,(H,23,25). The lowest BCUT2D eigenvalue weighted by molar-refractivity contribution is -0.132. The van der Waals surface area contributed by atoms with Crippen LogP contribution in [-0.2, 0) is 21.5 Å². The van der Waals surface area contributed by atoms with Gasteiger partial charge in [0.05, 0.1) is 6.54 Å². The summed E-state index contributed by atoms with van der Waals surface area (Å²) in [4.78, 5) is 25.7. The first kappa shape index (κ1) is 20.5. The molecule has 0 unspecified atom stereocenters.